The molecule has 2 rings (SSSR count). The summed E-state index contributed by atoms with van der Waals surface area (Å²) in [6.07, 6.45) is 4.85. The van der Waals surface area contributed by atoms with Crippen LogP contribution in [-0.2, 0) is 5.54 Å². The maximum atomic E-state index is 4.99. The highest BCUT2D eigenvalue weighted by molar-refractivity contribution is 7.09. The van der Waals surface area contributed by atoms with Crippen LogP contribution in [0.4, 0.5) is 0 Å². The molecular formula is C17H31N3S. The van der Waals surface area contributed by atoms with Crippen molar-refractivity contribution in [2.45, 2.75) is 64.8 Å². The largest absolute Gasteiger partial charge is 0.305 e. The van der Waals surface area contributed by atoms with Crippen LogP contribution < -0.4 is 5.32 Å². The lowest BCUT2D eigenvalue weighted by atomic mass is 9.90. The summed E-state index contributed by atoms with van der Waals surface area (Å²) in [6, 6.07) is 0. The highest BCUT2D eigenvalue weighted by Gasteiger charge is 2.36. The van der Waals surface area contributed by atoms with Crippen LogP contribution in [0.3, 0.4) is 0 Å². The smallest absolute Gasteiger partial charge is 0.113 e. The molecule has 0 radical (unpaired) electrons. The van der Waals surface area contributed by atoms with Gasteiger partial charge < -0.3 is 10.2 Å². The summed E-state index contributed by atoms with van der Waals surface area (Å²) in [7, 11) is 0. The second kappa shape index (κ2) is 7.70. The second-order valence-electron chi connectivity index (χ2n) is 6.53. The first-order valence-electron chi connectivity index (χ1n) is 8.54. The molecule has 2 heterocycles. The second-order valence-corrected chi connectivity index (χ2v) is 7.39. The highest BCUT2D eigenvalue weighted by Crippen LogP contribution is 2.36. The van der Waals surface area contributed by atoms with Crippen molar-refractivity contribution in [1.29, 1.82) is 0 Å². The highest BCUT2D eigenvalue weighted by atomic mass is 32.1. The zero-order valence-corrected chi connectivity index (χ0v) is 14.9. The van der Waals surface area contributed by atoms with Crippen molar-refractivity contribution >= 4 is 11.3 Å². The van der Waals surface area contributed by atoms with Gasteiger partial charge in [-0.3, -0.25) is 0 Å². The van der Waals surface area contributed by atoms with Crippen LogP contribution in [0.2, 0.25) is 0 Å². The molecule has 1 fully saturated rings. The van der Waals surface area contributed by atoms with E-state index in [1.54, 1.807) is 0 Å². The molecule has 1 N–H and O–H groups in total. The Morgan fingerprint density at radius 1 is 1.33 bits per heavy atom. The van der Waals surface area contributed by atoms with Gasteiger partial charge in [-0.25, -0.2) is 4.98 Å². The van der Waals surface area contributed by atoms with Gasteiger partial charge in [0.1, 0.15) is 5.01 Å². The predicted octanol–water partition coefficient (Wildman–Crippen LogP) is 3.97. The van der Waals surface area contributed by atoms with Gasteiger partial charge in [-0.15, -0.1) is 11.3 Å². The zero-order chi connectivity index (χ0) is 15.3. The standard InChI is InChI=1S/C17H31N3S/c1-5-10-18-17(8-7-11-20(6-2)12-9-17)16-19-15(13-21-16)14(3)4/h13-14,18H,5-12H2,1-4H3. The first kappa shape index (κ1) is 16.9. The Kier molecular flexibility index (Phi) is 6.20. The molecule has 1 unspecified atom stereocenters. The number of rotatable bonds is 6. The number of nitrogens with zero attached hydrogens (tertiary/aromatic N) is 2. The molecule has 1 saturated heterocycles. The Balaban J connectivity index is 2.22. The monoisotopic (exact) mass is 309 g/mol. The first-order chi connectivity index (χ1) is 10.1. The summed E-state index contributed by atoms with van der Waals surface area (Å²) in [5.41, 5.74) is 1.36. The minimum Gasteiger partial charge on any atom is -0.305 e. The zero-order valence-electron chi connectivity index (χ0n) is 14.1. The molecule has 1 aromatic rings. The fourth-order valence-corrected chi connectivity index (χ4v) is 4.33. The van der Waals surface area contributed by atoms with Gasteiger partial charge in [0.2, 0.25) is 0 Å². The molecule has 4 heteroatoms. The van der Waals surface area contributed by atoms with Gasteiger partial charge >= 0.3 is 0 Å². The number of hydrogen-bond acceptors (Lipinski definition) is 4. The van der Waals surface area contributed by atoms with Gasteiger partial charge in [0.25, 0.3) is 0 Å². The number of thiazole rings is 1. The molecule has 0 saturated carbocycles. The van der Waals surface area contributed by atoms with E-state index >= 15 is 0 Å². The third-order valence-electron chi connectivity index (χ3n) is 4.62. The van der Waals surface area contributed by atoms with Crippen LogP contribution in [-0.4, -0.2) is 36.1 Å². The molecule has 1 aliphatic heterocycles. The van der Waals surface area contributed by atoms with Gasteiger partial charge in [-0.05, 0) is 51.2 Å². The minimum absolute atomic E-state index is 0.109. The Morgan fingerprint density at radius 2 is 2.14 bits per heavy atom. The van der Waals surface area contributed by atoms with Crippen molar-refractivity contribution < 1.29 is 0 Å². The van der Waals surface area contributed by atoms with Gasteiger partial charge in [0, 0.05) is 11.9 Å². The summed E-state index contributed by atoms with van der Waals surface area (Å²) < 4.78 is 0. The van der Waals surface area contributed by atoms with Crippen molar-refractivity contribution in [3.63, 3.8) is 0 Å². The molecule has 0 aliphatic carbocycles. The Bertz CT molecular complexity index is 429. The molecule has 0 amide bonds. The average molecular weight is 310 g/mol. The summed E-state index contributed by atoms with van der Waals surface area (Å²) in [4.78, 5) is 7.56. The van der Waals surface area contributed by atoms with Crippen molar-refractivity contribution in [2.24, 2.45) is 0 Å². The molecule has 0 aromatic carbocycles. The summed E-state index contributed by atoms with van der Waals surface area (Å²) >= 11 is 1.86. The van der Waals surface area contributed by atoms with Crippen molar-refractivity contribution in [3.8, 4) is 0 Å². The van der Waals surface area contributed by atoms with E-state index < -0.39 is 0 Å². The minimum atomic E-state index is 0.109. The van der Waals surface area contributed by atoms with Crippen molar-refractivity contribution in [2.75, 3.05) is 26.2 Å². The van der Waals surface area contributed by atoms with Gasteiger partial charge in [-0.2, -0.15) is 0 Å². The van der Waals surface area contributed by atoms with E-state index in [-0.39, 0.29) is 5.54 Å². The van der Waals surface area contributed by atoms with Gasteiger partial charge in [-0.1, -0.05) is 27.7 Å². The number of aromatic nitrogens is 1. The molecule has 0 spiro atoms. The van der Waals surface area contributed by atoms with E-state index in [2.05, 4.69) is 43.3 Å². The maximum Gasteiger partial charge on any atom is 0.113 e. The summed E-state index contributed by atoms with van der Waals surface area (Å²) in [5.74, 6) is 0.524. The number of hydrogen-bond donors (Lipinski definition) is 1. The van der Waals surface area contributed by atoms with E-state index in [0.717, 1.165) is 6.54 Å². The SMILES string of the molecule is CCCNC1(c2nc(C(C)C)cs2)CCCN(CC)CC1. The third-order valence-corrected chi connectivity index (χ3v) is 5.68. The van der Waals surface area contributed by atoms with E-state index in [0.29, 0.717) is 5.92 Å². The summed E-state index contributed by atoms with van der Waals surface area (Å²) in [5, 5.41) is 7.44. The van der Waals surface area contributed by atoms with Crippen molar-refractivity contribution in [3.05, 3.63) is 16.1 Å². The van der Waals surface area contributed by atoms with Crippen LogP contribution in [0.25, 0.3) is 0 Å². The third kappa shape index (κ3) is 4.05. The molecule has 1 atom stereocenters. The van der Waals surface area contributed by atoms with E-state index in [4.69, 9.17) is 4.98 Å². The van der Waals surface area contributed by atoms with E-state index in [9.17, 15) is 0 Å². The molecule has 1 aromatic heterocycles. The Hall–Kier alpha value is -0.450. The van der Waals surface area contributed by atoms with Crippen molar-refractivity contribution in [1.82, 2.24) is 15.2 Å². The molecule has 0 bridgehead atoms. The Morgan fingerprint density at radius 3 is 2.76 bits per heavy atom. The van der Waals surface area contributed by atoms with E-state index in [1.807, 2.05) is 11.3 Å². The van der Waals surface area contributed by atoms with Gasteiger partial charge in [0.15, 0.2) is 0 Å². The predicted molar refractivity (Wildman–Crippen MR) is 92.1 cm³/mol. The van der Waals surface area contributed by atoms with Gasteiger partial charge in [0.05, 0.1) is 11.2 Å². The fourth-order valence-electron chi connectivity index (χ4n) is 3.11. The van der Waals surface area contributed by atoms with Crippen LogP contribution >= 0.6 is 11.3 Å². The molecule has 3 nitrogen and oxygen atoms in total. The van der Waals surface area contributed by atoms with E-state index in [1.165, 1.54) is 56.0 Å². The summed E-state index contributed by atoms with van der Waals surface area (Å²) in [6.45, 7) is 13.7. The fraction of sp³-hybridized carbons (Fsp3) is 0.824. The molecule has 21 heavy (non-hydrogen) atoms. The topological polar surface area (TPSA) is 28.2 Å². The van der Waals surface area contributed by atoms with Crippen LogP contribution in [0.1, 0.15) is 70.0 Å². The Labute approximate surface area is 134 Å². The molecule has 120 valence electrons. The first-order valence-corrected chi connectivity index (χ1v) is 9.42. The lowest BCUT2D eigenvalue weighted by Crippen LogP contribution is -2.43. The lowest BCUT2D eigenvalue weighted by Gasteiger charge is -2.32. The average Bonchev–Trinajstić information content (AvgIpc) is 2.89. The number of likely N-dealkylation sites (tertiary alicyclic amines) is 1. The van der Waals surface area contributed by atoms with Crippen LogP contribution in [0.15, 0.2) is 5.38 Å². The quantitative estimate of drug-likeness (QED) is 0.862. The maximum absolute atomic E-state index is 4.99. The lowest BCUT2D eigenvalue weighted by molar-refractivity contribution is 0.263. The molecule has 1 aliphatic rings. The van der Waals surface area contributed by atoms with Crippen LogP contribution in [0, 0.1) is 0 Å². The van der Waals surface area contributed by atoms with Crippen LogP contribution in [0.5, 0.6) is 0 Å². The number of nitrogens with one attached hydrogen (secondary N) is 1. The normalized spacial score (nSPS) is 24.4. The molecular weight excluding hydrogens is 278 g/mol.